The molecule has 1 aromatic rings. The molecule has 112 valence electrons. The molecule has 1 heterocycles. The summed E-state index contributed by atoms with van der Waals surface area (Å²) in [5, 5.41) is 2.58. The van der Waals surface area contributed by atoms with E-state index in [-0.39, 0.29) is 24.8 Å². The van der Waals surface area contributed by atoms with E-state index in [1.807, 2.05) is 25.1 Å². The summed E-state index contributed by atoms with van der Waals surface area (Å²) in [6.45, 7) is 2.10. The van der Waals surface area contributed by atoms with E-state index in [1.165, 1.54) is 11.9 Å². The van der Waals surface area contributed by atoms with Crippen LogP contribution < -0.4 is 11.1 Å². The molecular formula is C15H19N3O3. The van der Waals surface area contributed by atoms with E-state index < -0.39 is 17.9 Å². The Balaban J connectivity index is 2.35. The molecule has 0 aliphatic carbocycles. The van der Waals surface area contributed by atoms with Gasteiger partial charge in [-0.3, -0.25) is 14.4 Å². The first-order chi connectivity index (χ1) is 9.93. The van der Waals surface area contributed by atoms with Crippen LogP contribution in [-0.4, -0.2) is 36.2 Å². The number of nitrogens with zero attached hydrogens (tertiary/aromatic N) is 1. The molecule has 0 radical (unpaired) electrons. The van der Waals surface area contributed by atoms with Crippen molar-refractivity contribution in [2.75, 3.05) is 13.6 Å². The summed E-state index contributed by atoms with van der Waals surface area (Å²) in [6.07, 6.45) is 0.0641. The molecule has 0 unspecified atom stereocenters. The van der Waals surface area contributed by atoms with Crippen molar-refractivity contribution >= 4 is 17.7 Å². The quantitative estimate of drug-likeness (QED) is 0.824. The molecule has 2 rings (SSSR count). The Morgan fingerprint density at radius 3 is 2.67 bits per heavy atom. The Labute approximate surface area is 123 Å². The first-order valence-electron chi connectivity index (χ1n) is 6.81. The molecule has 3 amide bonds. The summed E-state index contributed by atoms with van der Waals surface area (Å²) in [7, 11) is 1.53. The number of carbonyl (C=O) groups is 3. The van der Waals surface area contributed by atoms with Gasteiger partial charge in [-0.2, -0.15) is 0 Å². The minimum absolute atomic E-state index is 0.0641. The van der Waals surface area contributed by atoms with Crippen LogP contribution in [0.3, 0.4) is 0 Å². The van der Waals surface area contributed by atoms with Crippen molar-refractivity contribution in [3.63, 3.8) is 0 Å². The number of hydrogen-bond donors (Lipinski definition) is 2. The molecule has 2 atom stereocenters. The molecule has 6 heteroatoms. The normalized spacial score (nSPS) is 19.4. The lowest BCUT2D eigenvalue weighted by Crippen LogP contribution is -2.40. The number of hydrogen-bond acceptors (Lipinski definition) is 3. The molecule has 3 N–H and O–H groups in total. The highest BCUT2D eigenvalue weighted by Crippen LogP contribution is 2.29. The van der Waals surface area contributed by atoms with Gasteiger partial charge in [-0.05, 0) is 12.5 Å². The summed E-state index contributed by atoms with van der Waals surface area (Å²) in [5.41, 5.74) is 7.00. The molecule has 6 nitrogen and oxygen atoms in total. The van der Waals surface area contributed by atoms with Crippen LogP contribution in [0.25, 0.3) is 0 Å². The standard InChI is InChI=1S/C15H19N3O3/c1-9-4-3-5-10(6-9)13(15(21)17-2)18-8-11(14(16)20)7-12(18)19/h3-6,11,13H,7-8H2,1-2H3,(H2,16,20)(H,17,21)/t11-,13+/m0/s1. The molecule has 1 fully saturated rings. The average molecular weight is 289 g/mol. The Morgan fingerprint density at radius 1 is 1.43 bits per heavy atom. The smallest absolute Gasteiger partial charge is 0.247 e. The number of nitrogens with one attached hydrogen (secondary N) is 1. The van der Waals surface area contributed by atoms with E-state index in [0.717, 1.165) is 11.1 Å². The molecule has 1 saturated heterocycles. The van der Waals surface area contributed by atoms with Crippen molar-refractivity contribution < 1.29 is 14.4 Å². The maximum Gasteiger partial charge on any atom is 0.247 e. The zero-order chi connectivity index (χ0) is 15.6. The second kappa shape index (κ2) is 5.95. The highest BCUT2D eigenvalue weighted by atomic mass is 16.2. The molecule has 0 bridgehead atoms. The van der Waals surface area contributed by atoms with Crippen molar-refractivity contribution in [1.29, 1.82) is 0 Å². The fraction of sp³-hybridized carbons (Fsp3) is 0.400. The zero-order valence-corrected chi connectivity index (χ0v) is 12.1. The Kier molecular flexibility index (Phi) is 4.26. The van der Waals surface area contributed by atoms with Gasteiger partial charge in [0.2, 0.25) is 17.7 Å². The highest BCUT2D eigenvalue weighted by Gasteiger charge is 2.40. The summed E-state index contributed by atoms with van der Waals surface area (Å²) < 4.78 is 0. The molecule has 0 aromatic heterocycles. The molecule has 21 heavy (non-hydrogen) atoms. The summed E-state index contributed by atoms with van der Waals surface area (Å²) in [4.78, 5) is 37.1. The van der Waals surface area contributed by atoms with Crippen LogP contribution in [0.1, 0.15) is 23.6 Å². The number of carbonyl (C=O) groups excluding carboxylic acids is 3. The Hall–Kier alpha value is -2.37. The van der Waals surface area contributed by atoms with E-state index in [4.69, 9.17) is 5.73 Å². The van der Waals surface area contributed by atoms with E-state index >= 15 is 0 Å². The number of likely N-dealkylation sites (N-methyl/N-ethyl adjacent to an activating group) is 1. The van der Waals surface area contributed by atoms with Gasteiger partial charge >= 0.3 is 0 Å². The van der Waals surface area contributed by atoms with Crippen molar-refractivity contribution in [3.05, 3.63) is 35.4 Å². The number of likely N-dealkylation sites (tertiary alicyclic amines) is 1. The number of aryl methyl sites for hydroxylation is 1. The topological polar surface area (TPSA) is 92.5 Å². The van der Waals surface area contributed by atoms with Crippen molar-refractivity contribution in [2.24, 2.45) is 11.7 Å². The van der Waals surface area contributed by atoms with Gasteiger partial charge in [0.15, 0.2) is 0 Å². The van der Waals surface area contributed by atoms with Gasteiger partial charge in [-0.1, -0.05) is 29.8 Å². The van der Waals surface area contributed by atoms with Gasteiger partial charge in [0, 0.05) is 20.0 Å². The number of benzene rings is 1. The van der Waals surface area contributed by atoms with Crippen LogP contribution in [0, 0.1) is 12.8 Å². The van der Waals surface area contributed by atoms with Gasteiger partial charge in [-0.15, -0.1) is 0 Å². The van der Waals surface area contributed by atoms with Gasteiger partial charge in [0.05, 0.1) is 5.92 Å². The number of rotatable bonds is 4. The van der Waals surface area contributed by atoms with Crippen LogP contribution in [0.4, 0.5) is 0 Å². The van der Waals surface area contributed by atoms with Crippen molar-refractivity contribution in [2.45, 2.75) is 19.4 Å². The molecule has 0 saturated carbocycles. The minimum atomic E-state index is -0.730. The second-order valence-corrected chi connectivity index (χ2v) is 5.28. The largest absolute Gasteiger partial charge is 0.369 e. The fourth-order valence-electron chi connectivity index (χ4n) is 2.62. The fourth-order valence-corrected chi connectivity index (χ4v) is 2.62. The average Bonchev–Trinajstić information content (AvgIpc) is 2.81. The van der Waals surface area contributed by atoms with Crippen LogP contribution in [0.15, 0.2) is 24.3 Å². The van der Waals surface area contributed by atoms with Gasteiger partial charge in [0.25, 0.3) is 0 Å². The third-order valence-corrected chi connectivity index (χ3v) is 3.73. The lowest BCUT2D eigenvalue weighted by atomic mass is 10.0. The second-order valence-electron chi connectivity index (χ2n) is 5.28. The SMILES string of the molecule is CNC(=O)[C@@H](c1cccc(C)c1)N1C[C@@H](C(N)=O)CC1=O. The monoisotopic (exact) mass is 289 g/mol. The van der Waals surface area contributed by atoms with E-state index in [0.29, 0.717) is 0 Å². The zero-order valence-electron chi connectivity index (χ0n) is 12.1. The molecule has 1 aliphatic rings. The molecule has 1 aromatic carbocycles. The first-order valence-corrected chi connectivity index (χ1v) is 6.81. The third kappa shape index (κ3) is 3.04. The number of amides is 3. The van der Waals surface area contributed by atoms with Crippen molar-refractivity contribution in [3.8, 4) is 0 Å². The van der Waals surface area contributed by atoms with Gasteiger partial charge in [-0.25, -0.2) is 0 Å². The van der Waals surface area contributed by atoms with E-state index in [1.54, 1.807) is 6.07 Å². The van der Waals surface area contributed by atoms with Crippen LogP contribution >= 0.6 is 0 Å². The van der Waals surface area contributed by atoms with Crippen molar-refractivity contribution in [1.82, 2.24) is 10.2 Å². The summed E-state index contributed by atoms with van der Waals surface area (Å²) in [6, 6.07) is 6.70. The maximum absolute atomic E-state index is 12.2. The lowest BCUT2D eigenvalue weighted by Gasteiger charge is -2.27. The maximum atomic E-state index is 12.2. The molecule has 1 aliphatic heterocycles. The predicted molar refractivity (Wildman–Crippen MR) is 77.0 cm³/mol. The highest BCUT2D eigenvalue weighted by molar-refractivity contribution is 5.93. The van der Waals surface area contributed by atoms with E-state index in [9.17, 15) is 14.4 Å². The number of primary amides is 1. The third-order valence-electron chi connectivity index (χ3n) is 3.73. The summed E-state index contributed by atoms with van der Waals surface area (Å²) >= 11 is 0. The minimum Gasteiger partial charge on any atom is -0.369 e. The predicted octanol–water partition coefficient (Wildman–Crippen LogP) is 0.116. The van der Waals surface area contributed by atoms with Crippen LogP contribution in [-0.2, 0) is 14.4 Å². The van der Waals surface area contributed by atoms with Crippen LogP contribution in [0.5, 0.6) is 0 Å². The van der Waals surface area contributed by atoms with E-state index in [2.05, 4.69) is 5.32 Å². The Bertz CT molecular complexity index is 585. The first kappa shape index (κ1) is 15.0. The number of nitrogens with two attached hydrogens (primary N) is 1. The molecule has 0 spiro atoms. The lowest BCUT2D eigenvalue weighted by molar-refractivity contribution is -0.137. The Morgan fingerprint density at radius 2 is 2.14 bits per heavy atom. The van der Waals surface area contributed by atoms with Crippen LogP contribution in [0.2, 0.25) is 0 Å². The van der Waals surface area contributed by atoms with Gasteiger partial charge in [0.1, 0.15) is 6.04 Å². The molecular weight excluding hydrogens is 270 g/mol. The van der Waals surface area contributed by atoms with Gasteiger partial charge < -0.3 is 16.0 Å². The summed E-state index contributed by atoms with van der Waals surface area (Å²) in [5.74, 6) is -1.55.